The third-order valence-electron chi connectivity index (χ3n) is 6.60. The van der Waals surface area contributed by atoms with Crippen LogP contribution in [0, 0.1) is 23.2 Å². The van der Waals surface area contributed by atoms with Crippen molar-refractivity contribution < 1.29 is 45.6 Å². The zero-order chi connectivity index (χ0) is 23.6. The molecule has 0 aliphatic heterocycles. The largest absolute Gasteiger partial charge is 0.465 e. The summed E-state index contributed by atoms with van der Waals surface area (Å²) in [6.07, 6.45) is 3.07. The molecule has 8 nitrogen and oxygen atoms in total. The number of esters is 2. The minimum Gasteiger partial charge on any atom is -0.459 e. The van der Waals surface area contributed by atoms with Gasteiger partial charge in [0.05, 0.1) is 5.41 Å². The molecule has 0 heterocycles. The van der Waals surface area contributed by atoms with Crippen LogP contribution in [-0.4, -0.2) is 47.1 Å². The number of carbonyl (C=O) groups excluding carboxylic acids is 3. The number of halogens is 2. The first-order valence-corrected chi connectivity index (χ1v) is 11.7. The Labute approximate surface area is 179 Å². The van der Waals surface area contributed by atoms with Gasteiger partial charge in [-0.15, -0.1) is 0 Å². The van der Waals surface area contributed by atoms with Gasteiger partial charge in [-0.25, -0.2) is 4.79 Å². The molecule has 0 radical (unpaired) electrons. The van der Waals surface area contributed by atoms with Crippen LogP contribution >= 0.6 is 0 Å². The third kappa shape index (κ3) is 4.48. The predicted molar refractivity (Wildman–Crippen MR) is 102 cm³/mol. The lowest BCUT2D eigenvalue weighted by Crippen LogP contribution is -2.57. The number of Topliss-reactive ketones (excluding diaryl/α,β-unsaturated/α-hetero) is 1. The van der Waals surface area contributed by atoms with Crippen LogP contribution in [0.3, 0.4) is 0 Å². The maximum absolute atomic E-state index is 13.5. The molecule has 4 aliphatic carbocycles. The van der Waals surface area contributed by atoms with Crippen LogP contribution in [0.2, 0.25) is 0 Å². The highest BCUT2D eigenvalue weighted by atomic mass is 32.2. The first-order chi connectivity index (χ1) is 13.9. The van der Waals surface area contributed by atoms with Crippen molar-refractivity contribution in [3.8, 4) is 0 Å². The average molecular weight is 466 g/mol. The Morgan fingerprint density at radius 1 is 1.06 bits per heavy atom. The maximum atomic E-state index is 13.5. The number of ether oxygens (including phenoxy) is 2. The van der Waals surface area contributed by atoms with E-state index in [2.05, 4.69) is 4.74 Å². The summed E-state index contributed by atoms with van der Waals surface area (Å²) in [5.74, 6) is -2.64. The topological polar surface area (TPSA) is 124 Å². The minimum atomic E-state index is -6.00. The zero-order valence-corrected chi connectivity index (χ0v) is 18.8. The highest BCUT2D eigenvalue weighted by Gasteiger charge is 2.59. The summed E-state index contributed by atoms with van der Waals surface area (Å²) in [5.41, 5.74) is -3.63. The van der Waals surface area contributed by atoms with Crippen LogP contribution < -0.4 is 0 Å². The molecule has 0 aromatic rings. The monoisotopic (exact) mass is 466 g/mol. The van der Waals surface area contributed by atoms with E-state index in [0.29, 0.717) is 25.2 Å². The number of hydrogen-bond acceptors (Lipinski definition) is 7. The fourth-order valence-corrected chi connectivity index (χ4v) is 5.98. The summed E-state index contributed by atoms with van der Waals surface area (Å²) in [5, 5.41) is -5.12. The van der Waals surface area contributed by atoms with Gasteiger partial charge in [-0.2, -0.15) is 17.2 Å². The smallest absolute Gasteiger partial charge is 0.459 e. The molecule has 4 bridgehead atoms. The van der Waals surface area contributed by atoms with Crippen molar-refractivity contribution in [2.75, 3.05) is 0 Å². The lowest BCUT2D eigenvalue weighted by Gasteiger charge is -2.55. The number of alkyl halides is 2. The molecule has 2 atom stereocenters. The summed E-state index contributed by atoms with van der Waals surface area (Å²) in [7, 11) is -6.00. The molecule has 4 rings (SSSR count). The Morgan fingerprint density at radius 2 is 1.58 bits per heavy atom. The van der Waals surface area contributed by atoms with Gasteiger partial charge in [0.2, 0.25) is 0 Å². The first kappa shape index (κ1) is 24.0. The third-order valence-corrected chi connectivity index (χ3v) is 7.41. The molecule has 0 aromatic carbocycles. The van der Waals surface area contributed by atoms with Crippen molar-refractivity contribution in [2.45, 2.75) is 82.7 Å². The average Bonchev–Trinajstić information content (AvgIpc) is 2.55. The van der Waals surface area contributed by atoms with Gasteiger partial charge in [-0.05, 0) is 65.7 Å². The van der Waals surface area contributed by atoms with E-state index in [4.69, 9.17) is 9.29 Å². The molecule has 0 spiro atoms. The Hall–Kier alpha value is -1.62. The van der Waals surface area contributed by atoms with Crippen molar-refractivity contribution in [3.05, 3.63) is 0 Å². The molecule has 4 fully saturated rings. The van der Waals surface area contributed by atoms with Crippen molar-refractivity contribution in [1.29, 1.82) is 0 Å². The number of hydrogen-bond donors (Lipinski definition) is 1. The molecule has 2 unspecified atom stereocenters. The highest BCUT2D eigenvalue weighted by molar-refractivity contribution is 7.87. The molecule has 11 heteroatoms. The van der Waals surface area contributed by atoms with Crippen LogP contribution in [0.25, 0.3) is 0 Å². The maximum Gasteiger partial charge on any atom is 0.465 e. The second kappa shape index (κ2) is 7.19. The molecule has 31 heavy (non-hydrogen) atoms. The highest BCUT2D eigenvalue weighted by Crippen LogP contribution is 2.56. The van der Waals surface area contributed by atoms with Crippen molar-refractivity contribution >= 4 is 27.8 Å². The van der Waals surface area contributed by atoms with Gasteiger partial charge >= 0.3 is 27.3 Å². The fourth-order valence-electron chi connectivity index (χ4n) is 5.72. The minimum absolute atomic E-state index is 0.0952. The van der Waals surface area contributed by atoms with E-state index < -0.39 is 43.9 Å². The van der Waals surface area contributed by atoms with E-state index in [1.807, 2.05) is 0 Å². The molecule has 176 valence electrons. The summed E-state index contributed by atoms with van der Waals surface area (Å²) in [6.45, 7) is 5.53. The zero-order valence-electron chi connectivity index (χ0n) is 17.9. The SMILES string of the molecule is CC(C)(CC(C)(C)C(=O)OC12CC3CC(C1)C(=O)C(C3)C2)OC(=O)C(F)(F)S(=O)(=O)O. The van der Waals surface area contributed by atoms with Crippen molar-refractivity contribution in [2.24, 2.45) is 23.2 Å². The molecule has 4 aliphatic rings. The normalized spacial score (nSPS) is 30.9. The van der Waals surface area contributed by atoms with Gasteiger partial charge in [0, 0.05) is 18.3 Å². The lowest BCUT2D eigenvalue weighted by atomic mass is 9.53. The predicted octanol–water partition coefficient (Wildman–Crippen LogP) is 2.90. The van der Waals surface area contributed by atoms with Crippen LogP contribution in [0.1, 0.15) is 66.2 Å². The van der Waals surface area contributed by atoms with Gasteiger partial charge < -0.3 is 9.47 Å². The molecular formula is C20H28F2O8S. The van der Waals surface area contributed by atoms with Crippen LogP contribution in [-0.2, 0) is 34.0 Å². The number of rotatable bonds is 7. The lowest BCUT2D eigenvalue weighted by molar-refractivity contribution is -0.201. The first-order valence-electron chi connectivity index (χ1n) is 10.2. The molecule has 0 aromatic heterocycles. The Bertz CT molecular complexity index is 890. The van der Waals surface area contributed by atoms with Crippen molar-refractivity contribution in [1.82, 2.24) is 0 Å². The van der Waals surface area contributed by atoms with Crippen LogP contribution in [0.4, 0.5) is 8.78 Å². The fraction of sp³-hybridized carbons (Fsp3) is 0.850. The molecule has 0 amide bonds. The number of ketones is 1. The standard InChI is InChI=1S/C20H28F2O8S/c1-17(2,10-18(3,4)29-16(25)20(21,22)31(26,27)28)15(24)30-19-7-11-5-12(8-19)14(23)13(6-11)9-19/h11-13H,5-10H2,1-4H3,(H,26,27,28). The quantitative estimate of drug-likeness (QED) is 0.449. The van der Waals surface area contributed by atoms with E-state index in [0.717, 1.165) is 12.8 Å². The summed E-state index contributed by atoms with van der Waals surface area (Å²) in [4.78, 5) is 37.0. The van der Waals surface area contributed by atoms with Crippen molar-refractivity contribution in [3.63, 3.8) is 0 Å². The van der Waals surface area contributed by atoms with Crippen LogP contribution in [0.15, 0.2) is 0 Å². The van der Waals surface area contributed by atoms with E-state index in [1.165, 1.54) is 27.7 Å². The molecular weight excluding hydrogens is 438 g/mol. The number of carbonyl (C=O) groups is 3. The Kier molecular flexibility index (Phi) is 5.58. The summed E-state index contributed by atoms with van der Waals surface area (Å²) < 4.78 is 67.7. The molecule has 0 saturated heterocycles. The van der Waals surface area contributed by atoms with Crippen LogP contribution in [0.5, 0.6) is 0 Å². The Balaban J connectivity index is 1.68. The van der Waals surface area contributed by atoms with E-state index in [-0.39, 0.29) is 24.0 Å². The van der Waals surface area contributed by atoms with Gasteiger partial charge in [-0.1, -0.05) is 0 Å². The second-order valence-corrected chi connectivity index (χ2v) is 12.0. The van der Waals surface area contributed by atoms with E-state index in [1.54, 1.807) is 0 Å². The Morgan fingerprint density at radius 3 is 2.06 bits per heavy atom. The summed E-state index contributed by atoms with van der Waals surface area (Å²) >= 11 is 0. The van der Waals surface area contributed by atoms with E-state index >= 15 is 0 Å². The van der Waals surface area contributed by atoms with Gasteiger partial charge in [-0.3, -0.25) is 14.1 Å². The second-order valence-electron chi connectivity index (χ2n) is 10.5. The van der Waals surface area contributed by atoms with Gasteiger partial charge in [0.15, 0.2) is 0 Å². The van der Waals surface area contributed by atoms with Gasteiger partial charge in [0.1, 0.15) is 17.0 Å². The molecule has 1 N–H and O–H groups in total. The van der Waals surface area contributed by atoms with Gasteiger partial charge in [0.25, 0.3) is 0 Å². The van der Waals surface area contributed by atoms with E-state index in [9.17, 15) is 31.6 Å². The molecule has 4 saturated carbocycles. The summed E-state index contributed by atoms with van der Waals surface area (Å²) in [6, 6.07) is 0.